The zero-order valence-corrected chi connectivity index (χ0v) is 20.0. The zero-order valence-electron chi connectivity index (χ0n) is 19.3. The lowest BCUT2D eigenvalue weighted by Crippen LogP contribution is -2.68. The van der Waals surface area contributed by atoms with E-state index >= 15 is 0 Å². The van der Waals surface area contributed by atoms with Crippen LogP contribution in [0, 0.1) is 10.2 Å². The molecule has 0 atom stereocenters. The molecule has 5 nitrogen and oxygen atoms in total. The summed E-state index contributed by atoms with van der Waals surface area (Å²) in [6.07, 6.45) is 0.799. The number of benzene rings is 4. The molecule has 0 radical (unpaired) electrons. The molecule has 1 aromatic heterocycles. The maximum atomic E-state index is 8.49. The largest absolute Gasteiger partial charge is 0.364 e. The molecule has 5 rings (SSSR count). The van der Waals surface area contributed by atoms with E-state index in [9.17, 15) is 0 Å². The molecule has 5 aromatic rings. The van der Waals surface area contributed by atoms with Crippen LogP contribution in [0.2, 0.25) is 0 Å². The highest BCUT2D eigenvalue weighted by molar-refractivity contribution is 5.79. The summed E-state index contributed by atoms with van der Waals surface area (Å²) in [4.78, 5) is 0. The van der Waals surface area contributed by atoms with Crippen LogP contribution in [0.15, 0.2) is 132 Å². The van der Waals surface area contributed by atoms with Crippen LogP contribution < -0.4 is 18.6 Å². The SMILES string of the molecule is [O-][Cl+3]([O-])([O-])[O-].c1ccc(Cc2c(-c3ccccc3)cc(-c3ccccc3)[o+]c2-c2ccccc2)cc1. The van der Waals surface area contributed by atoms with Crippen LogP contribution in [0.5, 0.6) is 0 Å². The van der Waals surface area contributed by atoms with Gasteiger partial charge in [-0.05, 0) is 35.4 Å². The molecule has 0 fully saturated rings. The predicted molar refractivity (Wildman–Crippen MR) is 129 cm³/mol. The summed E-state index contributed by atoms with van der Waals surface area (Å²) in [5.41, 5.74) is 7.02. The number of hydrogen-bond donors (Lipinski definition) is 0. The first kappa shape index (κ1) is 25.3. The Balaban J connectivity index is 0.000000556. The molecule has 36 heavy (non-hydrogen) atoms. The highest BCUT2D eigenvalue weighted by Gasteiger charge is 2.27. The van der Waals surface area contributed by atoms with Crippen molar-refractivity contribution in [2.75, 3.05) is 0 Å². The number of halogens is 1. The predicted octanol–water partition coefficient (Wildman–Crippen LogP) is 3.40. The molecule has 0 saturated carbocycles. The smallest absolute Gasteiger partial charge is 0.222 e. The van der Waals surface area contributed by atoms with Gasteiger partial charge in [0.05, 0.1) is 22.8 Å². The Morgan fingerprint density at radius 2 is 0.944 bits per heavy atom. The molecule has 4 aromatic carbocycles. The first-order valence-corrected chi connectivity index (χ1v) is 12.4. The minimum Gasteiger partial charge on any atom is -0.222 e. The van der Waals surface area contributed by atoms with E-state index in [0.717, 1.165) is 29.1 Å². The zero-order chi connectivity index (χ0) is 25.4. The second-order valence-electron chi connectivity index (χ2n) is 7.97. The van der Waals surface area contributed by atoms with Crippen molar-refractivity contribution in [3.05, 3.63) is 139 Å². The van der Waals surface area contributed by atoms with E-state index in [-0.39, 0.29) is 0 Å². The van der Waals surface area contributed by atoms with Gasteiger partial charge in [-0.1, -0.05) is 97.1 Å². The van der Waals surface area contributed by atoms with Crippen LogP contribution in [0.3, 0.4) is 0 Å². The molecular weight excluding hydrogens is 476 g/mol. The summed E-state index contributed by atoms with van der Waals surface area (Å²) in [5, 5.41) is 0. The molecule has 0 aliphatic carbocycles. The number of hydrogen-bond acceptors (Lipinski definition) is 4. The van der Waals surface area contributed by atoms with Gasteiger partial charge in [0.25, 0.3) is 0 Å². The van der Waals surface area contributed by atoms with Crippen molar-refractivity contribution in [1.82, 2.24) is 0 Å². The molecule has 0 saturated heterocycles. The first-order valence-electron chi connectivity index (χ1n) is 11.2. The summed E-state index contributed by atoms with van der Waals surface area (Å²) in [7, 11) is -4.94. The van der Waals surface area contributed by atoms with Crippen LogP contribution in [0.4, 0.5) is 0 Å². The van der Waals surface area contributed by atoms with Crippen LogP contribution in [0.1, 0.15) is 11.1 Å². The van der Waals surface area contributed by atoms with E-state index in [2.05, 4.69) is 103 Å². The summed E-state index contributed by atoms with van der Waals surface area (Å²) < 4.78 is 40.6. The van der Waals surface area contributed by atoms with Crippen LogP contribution in [-0.2, 0) is 6.42 Å². The standard InChI is InChI=1S/C30H23O.ClHO4/c1-5-13-23(14-6-1)21-28-27(24-15-7-2-8-16-24)22-29(25-17-9-3-10-18-25)31-30(28)26-19-11-4-12-20-26;2-1(3,4)5/h1-20,22H,21H2;(H,2,3,4,5)/q+1;/p-1. The Labute approximate surface area is 211 Å². The summed E-state index contributed by atoms with van der Waals surface area (Å²) in [6, 6.07) is 44.1. The monoisotopic (exact) mass is 498 g/mol. The van der Waals surface area contributed by atoms with Crippen molar-refractivity contribution in [2.45, 2.75) is 6.42 Å². The summed E-state index contributed by atoms with van der Waals surface area (Å²) in [5.74, 6) is 1.79. The van der Waals surface area contributed by atoms with E-state index in [1.54, 1.807) is 0 Å². The second-order valence-corrected chi connectivity index (χ2v) is 8.73. The minimum atomic E-state index is -4.94. The Bertz CT molecular complexity index is 1300. The third-order valence-electron chi connectivity index (χ3n) is 5.49. The molecule has 0 bridgehead atoms. The van der Waals surface area contributed by atoms with Crippen molar-refractivity contribution in [3.8, 4) is 33.8 Å². The van der Waals surface area contributed by atoms with Crippen LogP contribution >= 0.6 is 0 Å². The van der Waals surface area contributed by atoms with Gasteiger partial charge in [-0.25, -0.2) is 23.1 Å². The Kier molecular flexibility index (Phi) is 8.23. The Morgan fingerprint density at radius 1 is 0.528 bits per heavy atom. The molecule has 0 spiro atoms. The van der Waals surface area contributed by atoms with E-state index in [4.69, 9.17) is 23.1 Å². The fourth-order valence-corrected chi connectivity index (χ4v) is 3.96. The number of rotatable bonds is 5. The average Bonchev–Trinajstić information content (AvgIpc) is 2.90. The topological polar surface area (TPSA) is 104 Å². The van der Waals surface area contributed by atoms with E-state index in [1.807, 2.05) is 24.3 Å². The van der Waals surface area contributed by atoms with Gasteiger partial charge in [0, 0.05) is 12.0 Å². The third-order valence-corrected chi connectivity index (χ3v) is 5.49. The lowest BCUT2D eigenvalue weighted by Gasteiger charge is -2.17. The van der Waals surface area contributed by atoms with Gasteiger partial charge < -0.3 is 0 Å². The maximum absolute atomic E-state index is 8.49. The van der Waals surface area contributed by atoms with Crippen molar-refractivity contribution >= 4 is 0 Å². The van der Waals surface area contributed by atoms with Gasteiger partial charge in [-0.2, -0.15) is 0 Å². The van der Waals surface area contributed by atoms with Gasteiger partial charge in [-0.15, -0.1) is 10.2 Å². The van der Waals surface area contributed by atoms with Crippen LogP contribution in [-0.4, -0.2) is 0 Å². The van der Waals surface area contributed by atoms with E-state index in [1.165, 1.54) is 22.3 Å². The van der Waals surface area contributed by atoms with Crippen molar-refractivity contribution < 1.29 is 33.3 Å². The van der Waals surface area contributed by atoms with E-state index < -0.39 is 10.2 Å². The van der Waals surface area contributed by atoms with Crippen LogP contribution in [0.25, 0.3) is 33.8 Å². The quantitative estimate of drug-likeness (QED) is 0.345. The molecule has 1 heterocycles. The minimum absolute atomic E-state index is 0.799. The van der Waals surface area contributed by atoms with Crippen molar-refractivity contribution in [3.63, 3.8) is 0 Å². The highest BCUT2D eigenvalue weighted by Crippen LogP contribution is 2.38. The average molecular weight is 499 g/mol. The van der Waals surface area contributed by atoms with Crippen molar-refractivity contribution in [1.29, 1.82) is 0 Å². The Morgan fingerprint density at radius 3 is 1.44 bits per heavy atom. The van der Waals surface area contributed by atoms with Gasteiger partial charge in [0.2, 0.25) is 0 Å². The summed E-state index contributed by atoms with van der Waals surface area (Å²) >= 11 is 0. The summed E-state index contributed by atoms with van der Waals surface area (Å²) in [6.45, 7) is 0. The molecule has 0 aliphatic rings. The van der Waals surface area contributed by atoms with Gasteiger partial charge in [0.15, 0.2) is 0 Å². The second kappa shape index (κ2) is 11.7. The molecule has 0 N–H and O–H groups in total. The normalized spacial score (nSPS) is 10.9. The lowest BCUT2D eigenvalue weighted by atomic mass is 9.91. The maximum Gasteiger partial charge on any atom is 0.364 e. The highest BCUT2D eigenvalue weighted by atomic mass is 35.7. The molecular formula is C30H23ClO5. The lowest BCUT2D eigenvalue weighted by molar-refractivity contribution is -2.00. The van der Waals surface area contributed by atoms with Gasteiger partial charge in [-0.3, -0.25) is 0 Å². The van der Waals surface area contributed by atoms with Gasteiger partial charge >= 0.3 is 11.5 Å². The molecule has 6 heteroatoms. The molecule has 180 valence electrons. The first-order chi connectivity index (χ1) is 17.4. The Hall–Kier alpha value is -3.84. The third kappa shape index (κ3) is 7.09. The fraction of sp³-hybridized carbons (Fsp3) is 0.0333. The fourth-order valence-electron chi connectivity index (χ4n) is 3.96. The molecule has 0 unspecified atom stereocenters. The van der Waals surface area contributed by atoms with Gasteiger partial charge in [0.1, 0.15) is 0 Å². The van der Waals surface area contributed by atoms with E-state index in [0.29, 0.717) is 0 Å². The van der Waals surface area contributed by atoms with Crippen molar-refractivity contribution in [2.24, 2.45) is 0 Å². The molecule has 0 aliphatic heterocycles. The molecule has 0 amide bonds.